The third kappa shape index (κ3) is 3.18. The number of fused-ring (bicyclic) bond motifs is 1. The predicted octanol–water partition coefficient (Wildman–Crippen LogP) is 3.00. The molecule has 6 nitrogen and oxygen atoms in total. The lowest BCUT2D eigenvalue weighted by atomic mass is 9.82. The molecule has 1 amide bonds. The van der Waals surface area contributed by atoms with Crippen LogP contribution < -0.4 is 10.5 Å². The molecule has 0 aliphatic carbocycles. The fourth-order valence-corrected chi connectivity index (χ4v) is 3.28. The predicted molar refractivity (Wildman–Crippen MR) is 90.2 cm³/mol. The Morgan fingerprint density at radius 2 is 1.96 bits per heavy atom. The zero-order valence-electron chi connectivity index (χ0n) is 14.4. The first-order valence-corrected chi connectivity index (χ1v) is 8.28. The van der Waals surface area contributed by atoms with Crippen molar-refractivity contribution >= 4 is 17.6 Å². The van der Waals surface area contributed by atoms with Crippen molar-refractivity contribution in [2.75, 3.05) is 18.8 Å². The summed E-state index contributed by atoms with van der Waals surface area (Å²) >= 11 is 0. The van der Waals surface area contributed by atoms with E-state index in [4.69, 9.17) is 15.2 Å². The minimum atomic E-state index is -0.545. The number of nitrogens with zero attached hydrogens (tertiary/aromatic N) is 1. The lowest BCUT2D eigenvalue weighted by molar-refractivity contribution is -0.0225. The van der Waals surface area contributed by atoms with Crippen molar-refractivity contribution in [3.8, 4) is 5.75 Å². The highest BCUT2D eigenvalue weighted by molar-refractivity contribution is 6.04. The third-order valence-electron chi connectivity index (χ3n) is 4.47. The molecule has 2 heterocycles. The molecule has 0 radical (unpaired) electrons. The third-order valence-corrected chi connectivity index (χ3v) is 4.47. The number of carbonyl (C=O) groups excluding carboxylic acids is 2. The monoisotopic (exact) mass is 332 g/mol. The summed E-state index contributed by atoms with van der Waals surface area (Å²) in [5.74, 6) is 0.567. The maximum Gasteiger partial charge on any atom is 0.410 e. The summed E-state index contributed by atoms with van der Waals surface area (Å²) in [7, 11) is 0. The molecule has 1 fully saturated rings. The van der Waals surface area contributed by atoms with E-state index in [-0.39, 0.29) is 11.9 Å². The lowest BCUT2D eigenvalue weighted by Gasteiger charge is -2.44. The van der Waals surface area contributed by atoms with E-state index in [1.54, 1.807) is 23.1 Å². The van der Waals surface area contributed by atoms with Crippen LogP contribution in [0.25, 0.3) is 0 Å². The van der Waals surface area contributed by atoms with Crippen LogP contribution in [0.4, 0.5) is 10.5 Å². The molecule has 2 aliphatic rings. The van der Waals surface area contributed by atoms with Gasteiger partial charge < -0.3 is 20.1 Å². The van der Waals surface area contributed by atoms with Gasteiger partial charge in [-0.2, -0.15) is 0 Å². The average Bonchev–Trinajstić information content (AvgIpc) is 2.45. The first kappa shape index (κ1) is 16.6. The molecule has 1 aromatic carbocycles. The van der Waals surface area contributed by atoms with E-state index in [1.807, 2.05) is 20.8 Å². The summed E-state index contributed by atoms with van der Waals surface area (Å²) in [5, 5.41) is 0. The number of hydrogen-bond acceptors (Lipinski definition) is 5. The summed E-state index contributed by atoms with van der Waals surface area (Å²) in [4.78, 5) is 26.4. The standard InChI is InChI=1S/C18H24N2O4/c1-17(2,3)24-16(22)20-9-7-18(8-10-20)11-13(21)15-12(19)5-4-6-14(15)23-18/h4-6H,7-11,19H2,1-3H3. The number of benzene rings is 1. The van der Waals surface area contributed by atoms with Crippen LogP contribution in [0, 0.1) is 0 Å². The van der Waals surface area contributed by atoms with Crippen LogP contribution in [0.2, 0.25) is 0 Å². The number of anilines is 1. The van der Waals surface area contributed by atoms with Crippen LogP contribution in [-0.2, 0) is 4.74 Å². The highest BCUT2D eigenvalue weighted by Crippen LogP contribution is 2.41. The van der Waals surface area contributed by atoms with E-state index in [0.29, 0.717) is 49.4 Å². The summed E-state index contributed by atoms with van der Waals surface area (Å²) in [6, 6.07) is 5.28. The van der Waals surface area contributed by atoms with Gasteiger partial charge >= 0.3 is 6.09 Å². The number of nitrogens with two attached hydrogens (primary N) is 1. The lowest BCUT2D eigenvalue weighted by Crippen LogP contribution is -2.53. The van der Waals surface area contributed by atoms with Gasteiger partial charge in [0.25, 0.3) is 0 Å². The van der Waals surface area contributed by atoms with Gasteiger partial charge in [-0.3, -0.25) is 4.79 Å². The molecule has 0 aromatic heterocycles. The van der Waals surface area contributed by atoms with Crippen molar-refractivity contribution in [2.45, 2.75) is 51.2 Å². The number of ether oxygens (including phenoxy) is 2. The fourth-order valence-electron chi connectivity index (χ4n) is 3.28. The SMILES string of the molecule is CC(C)(C)OC(=O)N1CCC2(CC1)CC(=O)c1c(N)cccc1O2. The molecule has 0 atom stereocenters. The van der Waals surface area contributed by atoms with Crippen LogP contribution in [0.5, 0.6) is 5.75 Å². The molecule has 0 unspecified atom stereocenters. The van der Waals surface area contributed by atoms with Crippen LogP contribution in [0.3, 0.4) is 0 Å². The Hall–Kier alpha value is -2.24. The summed E-state index contributed by atoms with van der Waals surface area (Å²) in [5.41, 5.74) is 5.78. The zero-order valence-corrected chi connectivity index (χ0v) is 14.4. The molecule has 1 aromatic rings. The van der Waals surface area contributed by atoms with Gasteiger partial charge in [-0.15, -0.1) is 0 Å². The van der Waals surface area contributed by atoms with E-state index in [0.717, 1.165) is 0 Å². The zero-order chi connectivity index (χ0) is 17.5. The van der Waals surface area contributed by atoms with Crippen molar-refractivity contribution in [3.05, 3.63) is 23.8 Å². The maximum atomic E-state index is 12.5. The van der Waals surface area contributed by atoms with E-state index < -0.39 is 11.2 Å². The van der Waals surface area contributed by atoms with Crippen LogP contribution in [0.15, 0.2) is 18.2 Å². The molecule has 130 valence electrons. The highest BCUT2D eigenvalue weighted by Gasteiger charge is 2.44. The van der Waals surface area contributed by atoms with Gasteiger partial charge in [0, 0.05) is 31.6 Å². The first-order chi connectivity index (χ1) is 11.2. The number of ketones is 1. The highest BCUT2D eigenvalue weighted by atomic mass is 16.6. The van der Waals surface area contributed by atoms with Crippen LogP contribution in [-0.4, -0.2) is 41.1 Å². The molecule has 0 bridgehead atoms. The summed E-state index contributed by atoms with van der Waals surface area (Å²) in [6.45, 7) is 6.57. The number of nitrogen functional groups attached to an aromatic ring is 1. The second-order valence-electron chi connectivity index (χ2n) is 7.57. The van der Waals surface area contributed by atoms with Gasteiger partial charge in [-0.05, 0) is 32.9 Å². The Kier molecular flexibility index (Phi) is 3.94. The molecular formula is C18H24N2O4. The maximum absolute atomic E-state index is 12.5. The smallest absolute Gasteiger partial charge is 0.410 e. The quantitative estimate of drug-likeness (QED) is 0.739. The second-order valence-corrected chi connectivity index (χ2v) is 7.57. The number of Topliss-reactive ketones (excluding diaryl/α,β-unsaturated/α-hetero) is 1. The Morgan fingerprint density at radius 3 is 2.58 bits per heavy atom. The molecule has 2 aliphatic heterocycles. The van der Waals surface area contributed by atoms with Gasteiger partial charge in [0.1, 0.15) is 17.0 Å². The minimum absolute atomic E-state index is 0.0140. The van der Waals surface area contributed by atoms with E-state index in [9.17, 15) is 9.59 Å². The number of likely N-dealkylation sites (tertiary alicyclic amines) is 1. The van der Waals surface area contributed by atoms with E-state index in [1.165, 1.54) is 0 Å². The van der Waals surface area contributed by atoms with Crippen LogP contribution >= 0.6 is 0 Å². The molecule has 2 N–H and O–H groups in total. The molecule has 24 heavy (non-hydrogen) atoms. The normalized spacial score (nSPS) is 19.6. The van der Waals surface area contributed by atoms with Gasteiger partial charge in [0.05, 0.1) is 12.0 Å². The molecule has 1 saturated heterocycles. The van der Waals surface area contributed by atoms with Crippen molar-refractivity contribution in [3.63, 3.8) is 0 Å². The van der Waals surface area contributed by atoms with E-state index in [2.05, 4.69) is 0 Å². The molecule has 1 spiro atoms. The van der Waals surface area contributed by atoms with Gasteiger partial charge in [-0.1, -0.05) is 6.07 Å². The van der Waals surface area contributed by atoms with E-state index >= 15 is 0 Å². The van der Waals surface area contributed by atoms with Gasteiger partial charge in [-0.25, -0.2) is 4.79 Å². The number of hydrogen-bond donors (Lipinski definition) is 1. The van der Waals surface area contributed by atoms with Crippen molar-refractivity contribution in [2.24, 2.45) is 0 Å². The topological polar surface area (TPSA) is 81.9 Å². The largest absolute Gasteiger partial charge is 0.486 e. The Labute approximate surface area is 141 Å². The number of piperidine rings is 1. The van der Waals surface area contributed by atoms with Crippen LogP contribution in [0.1, 0.15) is 50.4 Å². The molecule has 6 heteroatoms. The Balaban J connectivity index is 1.71. The second kappa shape index (κ2) is 5.69. The molecule has 0 saturated carbocycles. The first-order valence-electron chi connectivity index (χ1n) is 8.28. The van der Waals surface area contributed by atoms with Crippen molar-refractivity contribution in [1.82, 2.24) is 4.90 Å². The van der Waals surface area contributed by atoms with Crippen molar-refractivity contribution in [1.29, 1.82) is 0 Å². The Bertz CT molecular complexity index is 670. The number of rotatable bonds is 0. The Morgan fingerprint density at radius 1 is 1.29 bits per heavy atom. The van der Waals surface area contributed by atoms with Gasteiger partial charge in [0.2, 0.25) is 0 Å². The van der Waals surface area contributed by atoms with Crippen molar-refractivity contribution < 1.29 is 19.1 Å². The summed E-state index contributed by atoms with van der Waals surface area (Å²) in [6.07, 6.45) is 1.19. The van der Waals surface area contributed by atoms with Gasteiger partial charge in [0.15, 0.2) is 5.78 Å². The molecular weight excluding hydrogens is 308 g/mol. The molecule has 3 rings (SSSR count). The number of carbonyl (C=O) groups is 2. The fraction of sp³-hybridized carbons (Fsp3) is 0.556. The average molecular weight is 332 g/mol. The summed E-state index contributed by atoms with van der Waals surface area (Å²) < 4.78 is 11.6. The number of amides is 1. The minimum Gasteiger partial charge on any atom is -0.486 e.